The highest BCUT2D eigenvalue weighted by Crippen LogP contribution is 2.44. The molecule has 0 radical (unpaired) electrons. The van der Waals surface area contributed by atoms with Crippen LogP contribution in [0.15, 0.2) is 12.1 Å². The summed E-state index contributed by atoms with van der Waals surface area (Å²) in [7, 11) is 1.87. The Morgan fingerprint density at radius 2 is 2.00 bits per heavy atom. The van der Waals surface area contributed by atoms with Gasteiger partial charge >= 0.3 is 0 Å². The van der Waals surface area contributed by atoms with Crippen molar-refractivity contribution in [1.82, 2.24) is 5.32 Å². The first kappa shape index (κ1) is 12.3. The molecular weight excluding hydrogens is 244 g/mol. The van der Waals surface area contributed by atoms with Crippen LogP contribution in [0.1, 0.15) is 17.2 Å². The van der Waals surface area contributed by atoms with Crippen molar-refractivity contribution in [2.75, 3.05) is 27.1 Å². The second-order valence-electron chi connectivity index (χ2n) is 5.04. The highest BCUT2D eigenvalue weighted by Gasteiger charge is 2.47. The minimum atomic E-state index is -0.493. The van der Waals surface area contributed by atoms with Crippen molar-refractivity contribution in [3.05, 3.63) is 23.3 Å². The van der Waals surface area contributed by atoms with Crippen molar-refractivity contribution in [1.29, 1.82) is 5.26 Å². The average Bonchev–Trinajstić information content (AvgIpc) is 2.80. The third-order valence-corrected chi connectivity index (χ3v) is 3.86. The van der Waals surface area contributed by atoms with E-state index in [-0.39, 0.29) is 12.8 Å². The number of nitrogens with zero attached hydrogens (tertiary/aromatic N) is 1. The molecular formula is C14H16N2O3. The van der Waals surface area contributed by atoms with E-state index in [0.717, 1.165) is 22.6 Å². The maximum absolute atomic E-state index is 9.46. The number of nitrogens with one attached hydrogen (secondary N) is 1. The Morgan fingerprint density at radius 1 is 1.32 bits per heavy atom. The van der Waals surface area contributed by atoms with Crippen LogP contribution in [0.25, 0.3) is 0 Å². The lowest BCUT2D eigenvalue weighted by Gasteiger charge is -2.42. The zero-order chi connectivity index (χ0) is 13.5. The van der Waals surface area contributed by atoms with Gasteiger partial charge in [0, 0.05) is 0 Å². The summed E-state index contributed by atoms with van der Waals surface area (Å²) in [5.41, 5.74) is 1.66. The van der Waals surface area contributed by atoms with Gasteiger partial charge in [-0.15, -0.1) is 0 Å². The van der Waals surface area contributed by atoms with Gasteiger partial charge in [-0.1, -0.05) is 0 Å². The summed E-state index contributed by atoms with van der Waals surface area (Å²) in [4.78, 5) is 0. The molecule has 19 heavy (non-hydrogen) atoms. The molecule has 0 amide bonds. The third kappa shape index (κ3) is 1.76. The molecule has 1 atom stereocenters. The quantitative estimate of drug-likeness (QED) is 0.892. The van der Waals surface area contributed by atoms with Crippen LogP contribution in [-0.2, 0) is 4.74 Å². The normalized spacial score (nSPS) is 20.5. The predicted octanol–water partition coefficient (Wildman–Crippen LogP) is 1.52. The fourth-order valence-electron chi connectivity index (χ4n) is 2.72. The van der Waals surface area contributed by atoms with Gasteiger partial charge in [-0.2, -0.15) is 5.26 Å². The Morgan fingerprint density at radius 3 is 2.53 bits per heavy atom. The van der Waals surface area contributed by atoms with E-state index in [2.05, 4.69) is 11.4 Å². The van der Waals surface area contributed by atoms with Crippen molar-refractivity contribution in [3.8, 4) is 17.6 Å². The Balaban J connectivity index is 2.03. The highest BCUT2D eigenvalue weighted by molar-refractivity contribution is 5.50. The van der Waals surface area contributed by atoms with Crippen molar-refractivity contribution < 1.29 is 14.2 Å². The Bertz CT molecular complexity index is 546. The molecule has 1 fully saturated rings. The summed E-state index contributed by atoms with van der Waals surface area (Å²) in [6, 6.07) is 6.26. The summed E-state index contributed by atoms with van der Waals surface area (Å²) in [5.74, 6) is 1.51. The summed E-state index contributed by atoms with van der Waals surface area (Å²) >= 11 is 0. The van der Waals surface area contributed by atoms with E-state index in [9.17, 15) is 5.26 Å². The molecule has 0 aromatic heterocycles. The Hall–Kier alpha value is -1.77. The topological polar surface area (TPSA) is 63.5 Å². The minimum absolute atomic E-state index is 0.0688. The van der Waals surface area contributed by atoms with Crippen LogP contribution in [0.4, 0.5) is 0 Å². The molecule has 0 saturated carbocycles. The number of ether oxygens (including phenoxy) is 3. The molecule has 100 valence electrons. The minimum Gasteiger partial charge on any atom is -0.454 e. The number of aryl methyl sites for hydroxylation is 1. The summed E-state index contributed by atoms with van der Waals surface area (Å²) < 4.78 is 16.0. The van der Waals surface area contributed by atoms with Gasteiger partial charge in [-0.25, -0.2) is 0 Å². The molecule has 1 aromatic rings. The maximum atomic E-state index is 9.46. The van der Waals surface area contributed by atoms with Crippen molar-refractivity contribution in [3.63, 3.8) is 0 Å². The van der Waals surface area contributed by atoms with Crippen molar-refractivity contribution in [2.45, 2.75) is 13.0 Å². The fourth-order valence-corrected chi connectivity index (χ4v) is 2.72. The molecule has 2 aliphatic heterocycles. The third-order valence-electron chi connectivity index (χ3n) is 3.86. The van der Waals surface area contributed by atoms with E-state index in [4.69, 9.17) is 14.2 Å². The molecule has 5 nitrogen and oxygen atoms in total. The average molecular weight is 260 g/mol. The monoisotopic (exact) mass is 260 g/mol. The van der Waals surface area contributed by atoms with E-state index in [1.807, 2.05) is 26.1 Å². The molecule has 1 saturated heterocycles. The predicted molar refractivity (Wildman–Crippen MR) is 68.0 cm³/mol. The van der Waals surface area contributed by atoms with E-state index < -0.39 is 5.41 Å². The second-order valence-corrected chi connectivity index (χ2v) is 5.04. The van der Waals surface area contributed by atoms with Crippen molar-refractivity contribution >= 4 is 0 Å². The number of hydrogen-bond acceptors (Lipinski definition) is 5. The SMILES string of the molecule is CNC(c1cc2c(cc1C)OCO2)C1(C#N)COC1. The summed E-state index contributed by atoms with van der Waals surface area (Å²) in [6.07, 6.45) is 0. The summed E-state index contributed by atoms with van der Waals surface area (Å²) in [6.45, 7) is 3.20. The van der Waals surface area contributed by atoms with Gasteiger partial charge in [0.2, 0.25) is 6.79 Å². The zero-order valence-electron chi connectivity index (χ0n) is 11.0. The van der Waals surface area contributed by atoms with E-state index >= 15 is 0 Å². The standard InChI is InChI=1S/C14H16N2O3/c1-9-3-11-12(19-8-18-11)4-10(9)13(16-2)14(5-15)6-17-7-14/h3-4,13,16H,6-8H2,1-2H3. The van der Waals surface area contributed by atoms with Gasteiger partial charge in [-0.3, -0.25) is 0 Å². The summed E-state index contributed by atoms with van der Waals surface area (Å²) in [5, 5.41) is 12.7. The van der Waals surface area contributed by atoms with Gasteiger partial charge in [0.15, 0.2) is 11.5 Å². The van der Waals surface area contributed by atoms with Gasteiger partial charge in [0.1, 0.15) is 5.41 Å². The van der Waals surface area contributed by atoms with Gasteiger partial charge in [-0.05, 0) is 37.2 Å². The molecule has 3 rings (SSSR count). The largest absolute Gasteiger partial charge is 0.454 e. The van der Waals surface area contributed by atoms with Crippen LogP contribution in [0, 0.1) is 23.7 Å². The highest BCUT2D eigenvalue weighted by atomic mass is 16.7. The first-order valence-electron chi connectivity index (χ1n) is 6.26. The molecule has 1 unspecified atom stereocenters. The second kappa shape index (κ2) is 4.41. The van der Waals surface area contributed by atoms with Crippen LogP contribution < -0.4 is 14.8 Å². The van der Waals surface area contributed by atoms with Crippen LogP contribution in [-0.4, -0.2) is 27.1 Å². The van der Waals surface area contributed by atoms with E-state index in [1.54, 1.807) is 0 Å². The molecule has 2 heterocycles. The number of fused-ring (bicyclic) bond motifs is 1. The van der Waals surface area contributed by atoms with E-state index in [1.165, 1.54) is 0 Å². The lowest BCUT2D eigenvalue weighted by Crippen LogP contribution is -2.50. The lowest BCUT2D eigenvalue weighted by molar-refractivity contribution is -0.0964. The molecule has 0 aliphatic carbocycles. The zero-order valence-corrected chi connectivity index (χ0v) is 11.0. The van der Waals surface area contributed by atoms with Gasteiger partial charge < -0.3 is 19.5 Å². The van der Waals surface area contributed by atoms with Crippen LogP contribution in [0.2, 0.25) is 0 Å². The molecule has 2 aliphatic rings. The number of benzene rings is 1. The first-order valence-corrected chi connectivity index (χ1v) is 6.26. The Kier molecular flexibility index (Phi) is 2.85. The first-order chi connectivity index (χ1) is 9.20. The molecule has 5 heteroatoms. The van der Waals surface area contributed by atoms with Gasteiger partial charge in [0.05, 0.1) is 25.3 Å². The number of rotatable bonds is 3. The molecule has 0 spiro atoms. The smallest absolute Gasteiger partial charge is 0.231 e. The van der Waals surface area contributed by atoms with E-state index in [0.29, 0.717) is 13.2 Å². The van der Waals surface area contributed by atoms with Crippen molar-refractivity contribution in [2.24, 2.45) is 5.41 Å². The number of nitriles is 1. The van der Waals surface area contributed by atoms with Gasteiger partial charge in [0.25, 0.3) is 0 Å². The van der Waals surface area contributed by atoms with Crippen LogP contribution >= 0.6 is 0 Å². The molecule has 0 bridgehead atoms. The maximum Gasteiger partial charge on any atom is 0.231 e. The molecule has 1 N–H and O–H groups in total. The fraction of sp³-hybridized carbons (Fsp3) is 0.500. The van der Waals surface area contributed by atoms with Crippen LogP contribution in [0.5, 0.6) is 11.5 Å². The number of hydrogen-bond donors (Lipinski definition) is 1. The lowest BCUT2D eigenvalue weighted by atomic mass is 9.75. The van der Waals surface area contributed by atoms with Crippen LogP contribution in [0.3, 0.4) is 0 Å². The Labute approximate surface area is 112 Å². The molecule has 1 aromatic carbocycles.